The van der Waals surface area contributed by atoms with Gasteiger partial charge >= 0.3 is 0 Å². The van der Waals surface area contributed by atoms with Gasteiger partial charge in [0, 0.05) is 17.8 Å². The second-order valence-corrected chi connectivity index (χ2v) is 8.97. The molecule has 0 spiro atoms. The molecule has 0 bridgehead atoms. The molecule has 3 heteroatoms. The number of rotatable bonds is 10. The number of hydrogen-bond acceptors (Lipinski definition) is 3. The van der Waals surface area contributed by atoms with E-state index in [0.29, 0.717) is 5.25 Å². The molecule has 1 aliphatic carbocycles. The van der Waals surface area contributed by atoms with Gasteiger partial charge in [-0.25, -0.2) is 0 Å². The predicted molar refractivity (Wildman–Crippen MR) is 108 cm³/mol. The highest BCUT2D eigenvalue weighted by Gasteiger charge is 2.20. The van der Waals surface area contributed by atoms with Gasteiger partial charge < -0.3 is 5.32 Å². The molecule has 0 radical (unpaired) electrons. The summed E-state index contributed by atoms with van der Waals surface area (Å²) in [6, 6.07) is 9.92. The largest absolute Gasteiger partial charge is 0.312 e. The van der Waals surface area contributed by atoms with Crippen LogP contribution in [0.3, 0.4) is 0 Å². The first-order valence-corrected chi connectivity index (χ1v) is 10.7. The summed E-state index contributed by atoms with van der Waals surface area (Å²) in [5.41, 5.74) is 2.89. The minimum Gasteiger partial charge on any atom is -0.312 e. The molecule has 24 heavy (non-hydrogen) atoms. The van der Waals surface area contributed by atoms with Crippen molar-refractivity contribution in [3.05, 3.63) is 35.4 Å². The van der Waals surface area contributed by atoms with Crippen molar-refractivity contribution in [1.29, 1.82) is 0 Å². The molecule has 1 aromatic rings. The van der Waals surface area contributed by atoms with Gasteiger partial charge in [0.05, 0.1) is 0 Å². The van der Waals surface area contributed by atoms with Gasteiger partial charge in [-0.15, -0.1) is 0 Å². The van der Waals surface area contributed by atoms with Crippen molar-refractivity contribution in [1.82, 2.24) is 10.0 Å². The van der Waals surface area contributed by atoms with Crippen molar-refractivity contribution >= 4 is 11.9 Å². The van der Waals surface area contributed by atoms with E-state index in [9.17, 15) is 0 Å². The van der Waals surface area contributed by atoms with Crippen LogP contribution in [0.15, 0.2) is 24.3 Å². The lowest BCUT2D eigenvalue weighted by atomic mass is 9.86. The Morgan fingerprint density at radius 1 is 1.04 bits per heavy atom. The molecule has 1 aromatic carbocycles. The summed E-state index contributed by atoms with van der Waals surface area (Å²) in [6.45, 7) is 8.94. The summed E-state index contributed by atoms with van der Waals surface area (Å²) in [6.07, 6.45) is 9.17. The van der Waals surface area contributed by atoms with Crippen LogP contribution in [0, 0.1) is 5.92 Å². The third-order valence-corrected chi connectivity index (χ3v) is 5.86. The van der Waals surface area contributed by atoms with Crippen molar-refractivity contribution < 1.29 is 0 Å². The molecule has 0 aromatic heterocycles. The van der Waals surface area contributed by atoms with Crippen LogP contribution >= 0.6 is 11.9 Å². The van der Waals surface area contributed by atoms with E-state index in [0.717, 1.165) is 18.5 Å². The van der Waals surface area contributed by atoms with Crippen LogP contribution in [-0.4, -0.2) is 17.8 Å². The molecule has 0 saturated heterocycles. The fourth-order valence-corrected chi connectivity index (χ4v) is 4.04. The van der Waals surface area contributed by atoms with E-state index in [-0.39, 0.29) is 0 Å². The highest BCUT2D eigenvalue weighted by Crippen LogP contribution is 2.25. The highest BCUT2D eigenvalue weighted by molar-refractivity contribution is 7.98. The van der Waals surface area contributed by atoms with E-state index in [4.69, 9.17) is 0 Å². The zero-order valence-electron chi connectivity index (χ0n) is 15.8. The van der Waals surface area contributed by atoms with E-state index in [1.54, 1.807) is 0 Å². The fourth-order valence-electron chi connectivity index (χ4n) is 3.34. The average molecular weight is 349 g/mol. The lowest BCUT2D eigenvalue weighted by Crippen LogP contribution is -2.33. The van der Waals surface area contributed by atoms with Crippen molar-refractivity contribution in [2.24, 2.45) is 5.92 Å². The minimum absolute atomic E-state index is 0.678. The summed E-state index contributed by atoms with van der Waals surface area (Å²) in [4.78, 5) is 0. The SMILES string of the molecule is CCCCc1ccc(CNCC2CCC(NSC(C)C)CC2)cc1. The Hall–Kier alpha value is -0.510. The van der Waals surface area contributed by atoms with Gasteiger partial charge in [0.25, 0.3) is 0 Å². The summed E-state index contributed by atoms with van der Waals surface area (Å²) < 4.78 is 3.64. The maximum Gasteiger partial charge on any atom is 0.0205 e. The quantitative estimate of drug-likeness (QED) is 0.559. The van der Waals surface area contributed by atoms with Crippen LogP contribution in [0.1, 0.15) is 70.4 Å². The van der Waals surface area contributed by atoms with Crippen molar-refractivity contribution in [2.45, 2.75) is 83.6 Å². The molecule has 1 fully saturated rings. The number of benzene rings is 1. The van der Waals surface area contributed by atoms with Gasteiger partial charge in [-0.1, -0.05) is 63.4 Å². The standard InChI is InChI=1S/C21H36N2S/c1-4-5-6-18-7-9-19(10-8-18)15-22-16-20-11-13-21(14-12-20)23-24-17(2)3/h7-10,17,20-23H,4-6,11-16H2,1-3H3. The third kappa shape index (κ3) is 7.58. The molecule has 136 valence electrons. The topological polar surface area (TPSA) is 24.1 Å². The zero-order chi connectivity index (χ0) is 17.2. The molecule has 2 nitrogen and oxygen atoms in total. The van der Waals surface area contributed by atoms with Crippen LogP contribution in [0.5, 0.6) is 0 Å². The zero-order valence-corrected chi connectivity index (χ0v) is 16.6. The van der Waals surface area contributed by atoms with Gasteiger partial charge in [-0.05, 0) is 62.1 Å². The molecule has 0 atom stereocenters. The molecule has 0 heterocycles. The van der Waals surface area contributed by atoms with Crippen LogP contribution in [0.2, 0.25) is 0 Å². The Labute approximate surface area is 153 Å². The maximum atomic E-state index is 3.67. The Kier molecular flexibility index (Phi) is 9.22. The van der Waals surface area contributed by atoms with Gasteiger partial charge in [0.1, 0.15) is 0 Å². The molecule has 0 amide bonds. The maximum absolute atomic E-state index is 3.67. The van der Waals surface area contributed by atoms with E-state index < -0.39 is 0 Å². The van der Waals surface area contributed by atoms with E-state index >= 15 is 0 Å². The van der Waals surface area contributed by atoms with Gasteiger partial charge in [0.15, 0.2) is 0 Å². The van der Waals surface area contributed by atoms with Crippen molar-refractivity contribution in [3.63, 3.8) is 0 Å². The van der Waals surface area contributed by atoms with Gasteiger partial charge in [-0.2, -0.15) is 0 Å². The van der Waals surface area contributed by atoms with Crippen LogP contribution < -0.4 is 10.0 Å². The molecule has 0 unspecified atom stereocenters. The fraction of sp³-hybridized carbons (Fsp3) is 0.714. The molecule has 2 N–H and O–H groups in total. The Morgan fingerprint density at radius 3 is 2.33 bits per heavy atom. The second-order valence-electron chi connectivity index (χ2n) is 7.55. The van der Waals surface area contributed by atoms with Crippen molar-refractivity contribution in [2.75, 3.05) is 6.54 Å². The Morgan fingerprint density at radius 2 is 1.71 bits per heavy atom. The smallest absolute Gasteiger partial charge is 0.0205 e. The molecule has 0 aliphatic heterocycles. The third-order valence-electron chi connectivity index (χ3n) is 4.92. The van der Waals surface area contributed by atoms with E-state index in [1.807, 2.05) is 11.9 Å². The lowest BCUT2D eigenvalue weighted by Gasteiger charge is -2.29. The van der Waals surface area contributed by atoms with Crippen LogP contribution in [0.25, 0.3) is 0 Å². The summed E-state index contributed by atoms with van der Waals surface area (Å²) >= 11 is 1.89. The van der Waals surface area contributed by atoms with Gasteiger partial charge in [0.2, 0.25) is 0 Å². The molecule has 1 aliphatic rings. The molecule has 2 rings (SSSR count). The predicted octanol–water partition coefficient (Wildman–Crippen LogP) is 5.32. The van der Waals surface area contributed by atoms with Crippen LogP contribution in [0.4, 0.5) is 0 Å². The number of unbranched alkanes of at least 4 members (excludes halogenated alkanes) is 1. The van der Waals surface area contributed by atoms with Crippen LogP contribution in [-0.2, 0) is 13.0 Å². The number of nitrogens with one attached hydrogen (secondary N) is 2. The summed E-state index contributed by atoms with van der Waals surface area (Å²) in [7, 11) is 0. The van der Waals surface area contributed by atoms with E-state index in [1.165, 1.54) is 62.6 Å². The molecular formula is C21H36N2S. The first-order valence-electron chi connectivity index (χ1n) is 9.87. The summed E-state index contributed by atoms with van der Waals surface area (Å²) in [5, 5.41) is 4.35. The summed E-state index contributed by atoms with van der Waals surface area (Å²) in [5.74, 6) is 0.857. The Balaban J connectivity index is 1.59. The van der Waals surface area contributed by atoms with E-state index in [2.05, 4.69) is 55.1 Å². The number of aryl methyl sites for hydroxylation is 1. The average Bonchev–Trinajstić information content (AvgIpc) is 2.60. The first-order chi connectivity index (χ1) is 11.7. The molecule has 1 saturated carbocycles. The second kappa shape index (κ2) is 11.2. The van der Waals surface area contributed by atoms with Crippen molar-refractivity contribution in [3.8, 4) is 0 Å². The lowest BCUT2D eigenvalue weighted by molar-refractivity contribution is 0.306. The van der Waals surface area contributed by atoms with Gasteiger partial charge in [-0.3, -0.25) is 4.72 Å². The minimum atomic E-state index is 0.678. The monoisotopic (exact) mass is 348 g/mol. The first kappa shape index (κ1) is 19.8. The molecular weight excluding hydrogens is 312 g/mol. The normalized spacial score (nSPS) is 21.3. The Bertz CT molecular complexity index is 436. The number of hydrogen-bond donors (Lipinski definition) is 2. The highest BCUT2D eigenvalue weighted by atomic mass is 32.2.